The molecule has 2 aromatic rings. The van der Waals surface area contributed by atoms with Crippen molar-refractivity contribution in [2.75, 3.05) is 0 Å². The Morgan fingerprint density at radius 1 is 0.800 bits per heavy atom. The Balaban J connectivity index is 0. The molecule has 1 unspecified atom stereocenters. The molecule has 3 heteroatoms. The van der Waals surface area contributed by atoms with E-state index in [-0.39, 0.29) is 5.78 Å². The van der Waals surface area contributed by atoms with Crippen molar-refractivity contribution in [2.24, 2.45) is 10.2 Å². The predicted molar refractivity (Wildman–Crippen MR) is 110 cm³/mol. The van der Waals surface area contributed by atoms with Crippen molar-refractivity contribution >= 4 is 11.5 Å². The lowest BCUT2D eigenvalue weighted by Gasteiger charge is -2.04. The Hall–Kier alpha value is -2.29. The molecule has 0 aliphatic heterocycles. The molecule has 0 amide bonds. The Labute approximate surface area is 154 Å². The van der Waals surface area contributed by atoms with Crippen LogP contribution in [-0.2, 0) is 11.2 Å². The Morgan fingerprint density at radius 3 is 1.72 bits per heavy atom. The van der Waals surface area contributed by atoms with E-state index in [1.807, 2.05) is 102 Å². The standard InChI is InChI=1S/C16H16N2O.3C2H6/c1-13(17-18-15-10-6-3-7-11-15)16(19)12-14-8-4-2-5-9-14;3*1-2/h2-11,13H,12H2,1H3;3*1-2H3. The van der Waals surface area contributed by atoms with Gasteiger partial charge >= 0.3 is 0 Å². The van der Waals surface area contributed by atoms with Crippen molar-refractivity contribution < 1.29 is 4.79 Å². The first-order valence-corrected chi connectivity index (χ1v) is 9.28. The van der Waals surface area contributed by atoms with Gasteiger partial charge in [0.25, 0.3) is 0 Å². The largest absolute Gasteiger partial charge is 0.297 e. The molecular weight excluding hydrogens is 308 g/mol. The normalized spacial score (nSPS) is 10.2. The van der Waals surface area contributed by atoms with Gasteiger partial charge in [-0.3, -0.25) is 4.79 Å². The highest BCUT2D eigenvalue weighted by atomic mass is 16.1. The number of hydrogen-bond donors (Lipinski definition) is 0. The minimum absolute atomic E-state index is 0.0749. The molecule has 138 valence electrons. The van der Waals surface area contributed by atoms with Crippen LogP contribution in [0.2, 0.25) is 0 Å². The minimum Gasteiger partial charge on any atom is -0.297 e. The molecule has 0 saturated carbocycles. The summed E-state index contributed by atoms with van der Waals surface area (Å²) >= 11 is 0. The molecule has 0 bridgehead atoms. The average molecular weight is 343 g/mol. The highest BCUT2D eigenvalue weighted by molar-refractivity contribution is 5.85. The number of carbonyl (C=O) groups excluding carboxylic acids is 1. The summed E-state index contributed by atoms with van der Waals surface area (Å²) < 4.78 is 0. The molecule has 0 fully saturated rings. The van der Waals surface area contributed by atoms with E-state index < -0.39 is 6.04 Å². The van der Waals surface area contributed by atoms with Gasteiger partial charge in [-0.2, -0.15) is 10.2 Å². The highest BCUT2D eigenvalue weighted by Gasteiger charge is 2.12. The number of hydrogen-bond acceptors (Lipinski definition) is 3. The number of ketones is 1. The first-order chi connectivity index (χ1) is 12.3. The maximum absolute atomic E-state index is 12.0. The van der Waals surface area contributed by atoms with Crippen molar-refractivity contribution in [3.63, 3.8) is 0 Å². The second-order valence-corrected chi connectivity index (χ2v) is 4.36. The maximum Gasteiger partial charge on any atom is 0.163 e. The Bertz CT molecular complexity index is 551. The summed E-state index contributed by atoms with van der Waals surface area (Å²) in [7, 11) is 0. The molecule has 0 spiro atoms. The van der Waals surface area contributed by atoms with Gasteiger partial charge in [-0.1, -0.05) is 90.1 Å². The molecule has 0 aliphatic rings. The molecule has 0 N–H and O–H groups in total. The van der Waals surface area contributed by atoms with Gasteiger partial charge in [-0.15, -0.1) is 0 Å². The molecule has 0 saturated heterocycles. The molecule has 3 nitrogen and oxygen atoms in total. The fourth-order valence-corrected chi connectivity index (χ4v) is 1.66. The Kier molecular flexibility index (Phi) is 18.0. The van der Waals surface area contributed by atoms with Crippen molar-refractivity contribution in [1.82, 2.24) is 0 Å². The summed E-state index contributed by atoms with van der Waals surface area (Å²) in [6.07, 6.45) is 0.399. The first kappa shape index (κ1) is 25.0. The van der Waals surface area contributed by atoms with Gasteiger partial charge in [0.05, 0.1) is 5.69 Å². The van der Waals surface area contributed by atoms with Gasteiger partial charge in [-0.05, 0) is 24.6 Å². The third kappa shape index (κ3) is 11.8. The van der Waals surface area contributed by atoms with Crippen molar-refractivity contribution in [3.8, 4) is 0 Å². The van der Waals surface area contributed by atoms with Crippen molar-refractivity contribution in [2.45, 2.75) is 60.9 Å². The monoisotopic (exact) mass is 342 g/mol. The second kappa shape index (κ2) is 18.1. The van der Waals surface area contributed by atoms with Gasteiger partial charge in [0.1, 0.15) is 6.04 Å². The van der Waals surface area contributed by atoms with Crippen LogP contribution in [0.5, 0.6) is 0 Å². The van der Waals surface area contributed by atoms with E-state index in [1.54, 1.807) is 6.92 Å². The smallest absolute Gasteiger partial charge is 0.163 e. The molecule has 2 rings (SSSR count). The van der Waals surface area contributed by atoms with Crippen LogP contribution in [0, 0.1) is 0 Å². The number of rotatable bonds is 5. The zero-order valence-electron chi connectivity index (χ0n) is 16.9. The van der Waals surface area contributed by atoms with Crippen LogP contribution < -0.4 is 0 Å². The number of benzene rings is 2. The van der Waals surface area contributed by atoms with E-state index >= 15 is 0 Å². The van der Waals surface area contributed by atoms with Crippen LogP contribution in [0.4, 0.5) is 5.69 Å². The molecule has 1 atom stereocenters. The summed E-state index contributed by atoms with van der Waals surface area (Å²) in [5, 5.41) is 8.14. The molecule has 0 aliphatic carbocycles. The average Bonchev–Trinajstić information content (AvgIpc) is 2.72. The summed E-state index contributed by atoms with van der Waals surface area (Å²) in [5.74, 6) is 0.0749. The molecule has 0 heterocycles. The summed E-state index contributed by atoms with van der Waals surface area (Å²) in [5.41, 5.74) is 1.77. The van der Waals surface area contributed by atoms with Crippen LogP contribution in [0.15, 0.2) is 70.9 Å². The molecule has 0 radical (unpaired) electrons. The lowest BCUT2D eigenvalue weighted by atomic mass is 10.1. The van der Waals surface area contributed by atoms with Crippen LogP contribution >= 0.6 is 0 Å². The maximum atomic E-state index is 12.0. The summed E-state index contributed by atoms with van der Waals surface area (Å²) in [6, 6.07) is 18.7. The van der Waals surface area contributed by atoms with Crippen LogP contribution in [-0.4, -0.2) is 11.8 Å². The van der Waals surface area contributed by atoms with Crippen molar-refractivity contribution in [1.29, 1.82) is 0 Å². The molecule has 25 heavy (non-hydrogen) atoms. The van der Waals surface area contributed by atoms with E-state index in [9.17, 15) is 4.79 Å². The van der Waals surface area contributed by atoms with E-state index in [2.05, 4.69) is 10.2 Å². The van der Waals surface area contributed by atoms with E-state index in [1.165, 1.54) is 0 Å². The number of azo groups is 1. The highest BCUT2D eigenvalue weighted by Crippen LogP contribution is 2.12. The minimum atomic E-state index is -0.416. The zero-order chi connectivity index (χ0) is 19.5. The quantitative estimate of drug-likeness (QED) is 0.537. The van der Waals surface area contributed by atoms with Gasteiger partial charge in [-0.25, -0.2) is 0 Å². The third-order valence-corrected chi connectivity index (χ3v) is 2.79. The van der Waals surface area contributed by atoms with Gasteiger partial charge < -0.3 is 0 Å². The lowest BCUT2D eigenvalue weighted by Crippen LogP contribution is -2.16. The summed E-state index contributed by atoms with van der Waals surface area (Å²) in [4.78, 5) is 12.0. The van der Waals surface area contributed by atoms with Crippen LogP contribution in [0.25, 0.3) is 0 Å². The van der Waals surface area contributed by atoms with E-state index in [4.69, 9.17) is 0 Å². The fourth-order valence-electron chi connectivity index (χ4n) is 1.66. The lowest BCUT2D eigenvalue weighted by molar-refractivity contribution is -0.119. The van der Waals surface area contributed by atoms with Gasteiger partial charge in [0.15, 0.2) is 5.78 Å². The molecular formula is C22H34N2O. The second-order valence-electron chi connectivity index (χ2n) is 4.36. The zero-order valence-corrected chi connectivity index (χ0v) is 16.9. The number of carbonyl (C=O) groups is 1. The van der Waals surface area contributed by atoms with E-state index in [0.29, 0.717) is 6.42 Å². The number of Topliss-reactive ketones (excluding diaryl/α,β-unsaturated/α-hetero) is 1. The topological polar surface area (TPSA) is 41.8 Å². The van der Waals surface area contributed by atoms with Gasteiger partial charge in [0.2, 0.25) is 0 Å². The van der Waals surface area contributed by atoms with Crippen molar-refractivity contribution in [3.05, 3.63) is 66.2 Å². The number of nitrogens with zero attached hydrogens (tertiary/aromatic N) is 2. The molecule has 0 aromatic heterocycles. The van der Waals surface area contributed by atoms with E-state index in [0.717, 1.165) is 11.3 Å². The summed E-state index contributed by atoms with van der Waals surface area (Å²) in [6.45, 7) is 13.8. The first-order valence-electron chi connectivity index (χ1n) is 9.28. The third-order valence-electron chi connectivity index (χ3n) is 2.79. The van der Waals surface area contributed by atoms with Crippen LogP contribution in [0.1, 0.15) is 54.0 Å². The molecule has 2 aromatic carbocycles. The fraction of sp³-hybridized carbons (Fsp3) is 0.409. The predicted octanol–water partition coefficient (Wildman–Crippen LogP) is 7.05. The SMILES string of the molecule is CC.CC.CC.CC(N=Nc1ccccc1)C(=O)Cc1ccccc1. The van der Waals surface area contributed by atoms with Gasteiger partial charge in [0, 0.05) is 6.42 Å². The Morgan fingerprint density at radius 2 is 1.24 bits per heavy atom. The van der Waals surface area contributed by atoms with Crippen LogP contribution in [0.3, 0.4) is 0 Å².